The number of carboxylic acids is 1. The largest absolute Gasteiger partial charge is 0.480 e. The number of hydrogen-bond acceptors (Lipinski definition) is 4. The van der Waals surface area contributed by atoms with E-state index in [1.54, 1.807) is 0 Å². The first-order valence-electron chi connectivity index (χ1n) is 5.76. The van der Waals surface area contributed by atoms with E-state index < -0.39 is 39.3 Å². The average Bonchev–Trinajstić information content (AvgIpc) is 2.38. The van der Waals surface area contributed by atoms with Gasteiger partial charge < -0.3 is 10.4 Å². The monoisotopic (exact) mass is 321 g/mol. The molecule has 1 aromatic rings. The van der Waals surface area contributed by atoms with Gasteiger partial charge in [-0.15, -0.1) is 0 Å². The van der Waals surface area contributed by atoms with Crippen LogP contribution in [0.3, 0.4) is 0 Å². The third kappa shape index (κ3) is 4.78. The number of aliphatic carboxylic acids is 1. The van der Waals surface area contributed by atoms with Gasteiger partial charge in [0.1, 0.15) is 6.04 Å². The van der Waals surface area contributed by atoms with E-state index >= 15 is 0 Å². The van der Waals surface area contributed by atoms with Gasteiger partial charge in [0.2, 0.25) is 9.84 Å². The Morgan fingerprint density at radius 3 is 2.19 bits per heavy atom. The van der Waals surface area contributed by atoms with Gasteiger partial charge in [-0.1, -0.05) is 12.1 Å². The van der Waals surface area contributed by atoms with Gasteiger partial charge in [-0.05, 0) is 24.6 Å². The first kappa shape index (κ1) is 17.0. The molecule has 0 saturated heterocycles. The van der Waals surface area contributed by atoms with Gasteiger partial charge in [0.25, 0.3) is 5.91 Å². The minimum Gasteiger partial charge on any atom is -0.480 e. The van der Waals surface area contributed by atoms with Crippen molar-refractivity contribution in [2.75, 3.05) is 0 Å². The summed E-state index contributed by atoms with van der Waals surface area (Å²) < 4.78 is 46.5. The van der Waals surface area contributed by atoms with E-state index in [1.807, 2.05) is 0 Å². The zero-order valence-electron chi connectivity index (χ0n) is 10.9. The van der Waals surface area contributed by atoms with Crippen molar-refractivity contribution in [3.63, 3.8) is 0 Å². The number of rotatable bonds is 6. The Balaban J connectivity index is 2.79. The van der Waals surface area contributed by atoms with Crippen molar-refractivity contribution in [3.05, 3.63) is 35.4 Å². The lowest BCUT2D eigenvalue weighted by Gasteiger charge is -2.09. The molecule has 0 aliphatic carbocycles. The van der Waals surface area contributed by atoms with E-state index in [1.165, 1.54) is 31.2 Å². The van der Waals surface area contributed by atoms with Gasteiger partial charge in [-0.2, -0.15) is 8.78 Å². The Hall–Kier alpha value is -2.03. The molecule has 0 radical (unpaired) electrons. The molecule has 0 unspecified atom stereocenters. The maximum absolute atomic E-state index is 12.2. The second-order valence-electron chi connectivity index (χ2n) is 4.30. The molecule has 1 amide bonds. The fourth-order valence-corrected chi connectivity index (χ4v) is 2.17. The van der Waals surface area contributed by atoms with Crippen molar-refractivity contribution in [2.45, 2.75) is 24.5 Å². The van der Waals surface area contributed by atoms with Crippen LogP contribution in [0.5, 0.6) is 0 Å². The number of carbonyl (C=O) groups excluding carboxylic acids is 1. The topological polar surface area (TPSA) is 101 Å². The molecule has 0 saturated carbocycles. The second-order valence-corrected chi connectivity index (χ2v) is 6.27. The second kappa shape index (κ2) is 6.61. The fourth-order valence-electron chi connectivity index (χ4n) is 1.39. The van der Waals surface area contributed by atoms with Crippen LogP contribution in [0.15, 0.2) is 24.3 Å². The van der Waals surface area contributed by atoms with Gasteiger partial charge in [0, 0.05) is 5.56 Å². The molecule has 0 aliphatic heterocycles. The molecule has 6 nitrogen and oxygen atoms in total. The third-order valence-electron chi connectivity index (χ3n) is 2.57. The molecule has 0 heterocycles. The summed E-state index contributed by atoms with van der Waals surface area (Å²) in [6, 6.07) is 3.83. The van der Waals surface area contributed by atoms with E-state index in [4.69, 9.17) is 5.11 Å². The summed E-state index contributed by atoms with van der Waals surface area (Å²) in [5, 5.41) is 10.9. The van der Waals surface area contributed by atoms with Crippen LogP contribution < -0.4 is 5.32 Å². The molecule has 1 rings (SSSR count). The van der Waals surface area contributed by atoms with Crippen molar-refractivity contribution < 1.29 is 31.9 Å². The van der Waals surface area contributed by atoms with E-state index in [9.17, 15) is 26.8 Å². The fraction of sp³-hybridized carbons (Fsp3) is 0.333. The molecule has 1 aromatic carbocycles. The smallest absolute Gasteiger partial charge is 0.337 e. The van der Waals surface area contributed by atoms with E-state index in [0.29, 0.717) is 0 Å². The molecule has 116 valence electrons. The molecule has 1 atom stereocenters. The number of carboxylic acid groups (broad SMARTS) is 1. The number of carbonyl (C=O) groups is 2. The minimum absolute atomic E-state index is 0.0984. The molecule has 9 heteroatoms. The number of nitrogens with one attached hydrogen (secondary N) is 1. The van der Waals surface area contributed by atoms with Gasteiger partial charge in [-0.25, -0.2) is 8.42 Å². The summed E-state index contributed by atoms with van der Waals surface area (Å²) in [5.41, 5.74) is 0.208. The predicted molar refractivity (Wildman–Crippen MR) is 69.6 cm³/mol. The van der Waals surface area contributed by atoms with Gasteiger partial charge in [0.15, 0.2) is 0 Å². The first-order valence-corrected chi connectivity index (χ1v) is 7.47. The third-order valence-corrected chi connectivity index (χ3v) is 3.85. The van der Waals surface area contributed by atoms with E-state index in [-0.39, 0.29) is 11.1 Å². The lowest BCUT2D eigenvalue weighted by atomic mass is 10.1. The normalized spacial score (nSPS) is 13.0. The Bertz CT molecular complexity index is 628. The van der Waals surface area contributed by atoms with Crippen LogP contribution in [-0.4, -0.2) is 37.2 Å². The molecule has 0 aliphatic rings. The highest BCUT2D eigenvalue weighted by Crippen LogP contribution is 2.14. The van der Waals surface area contributed by atoms with Crippen molar-refractivity contribution >= 4 is 21.7 Å². The van der Waals surface area contributed by atoms with Crippen LogP contribution in [0, 0.1) is 0 Å². The maximum Gasteiger partial charge on any atom is 0.337 e. The van der Waals surface area contributed by atoms with Crippen molar-refractivity contribution in [2.24, 2.45) is 0 Å². The highest BCUT2D eigenvalue weighted by Gasteiger charge is 2.24. The van der Waals surface area contributed by atoms with Gasteiger partial charge >= 0.3 is 11.7 Å². The van der Waals surface area contributed by atoms with Crippen LogP contribution in [0.2, 0.25) is 0 Å². The summed E-state index contributed by atoms with van der Waals surface area (Å²) in [5.74, 6) is -6.16. The van der Waals surface area contributed by atoms with Gasteiger partial charge in [-0.3, -0.25) is 9.59 Å². The van der Waals surface area contributed by atoms with Crippen LogP contribution in [0.1, 0.15) is 22.8 Å². The number of benzene rings is 1. The number of amides is 1. The zero-order chi connectivity index (χ0) is 16.2. The van der Waals surface area contributed by atoms with E-state index in [2.05, 4.69) is 5.32 Å². The molecule has 0 spiro atoms. The number of hydrogen-bond donors (Lipinski definition) is 2. The Labute approximate surface area is 119 Å². The van der Waals surface area contributed by atoms with Crippen LogP contribution in [-0.2, 0) is 20.4 Å². The first-order chi connectivity index (χ1) is 9.63. The van der Waals surface area contributed by atoms with Crippen molar-refractivity contribution in [1.29, 1.82) is 0 Å². The van der Waals surface area contributed by atoms with Crippen molar-refractivity contribution in [1.82, 2.24) is 5.32 Å². The summed E-state index contributed by atoms with van der Waals surface area (Å²) in [7, 11) is -4.53. The number of alkyl halides is 2. The molecule has 0 fully saturated rings. The summed E-state index contributed by atoms with van der Waals surface area (Å²) in [4.78, 5) is 22.2. The van der Waals surface area contributed by atoms with Crippen molar-refractivity contribution in [3.8, 4) is 0 Å². The average molecular weight is 321 g/mol. The van der Waals surface area contributed by atoms with Crippen LogP contribution >= 0.6 is 0 Å². The predicted octanol–water partition coefficient (Wildman–Crippen LogP) is 1.03. The highest BCUT2D eigenvalue weighted by atomic mass is 32.2. The molecular weight excluding hydrogens is 308 g/mol. The number of sulfone groups is 1. The maximum atomic E-state index is 12.2. The summed E-state index contributed by atoms with van der Waals surface area (Å²) in [6.07, 6.45) is 0. The Kier molecular flexibility index (Phi) is 5.36. The quantitative estimate of drug-likeness (QED) is 0.815. The minimum atomic E-state index is -4.53. The van der Waals surface area contributed by atoms with Gasteiger partial charge in [0.05, 0.1) is 5.75 Å². The van der Waals surface area contributed by atoms with Crippen LogP contribution in [0.4, 0.5) is 8.78 Å². The standard InChI is InChI=1S/C12H13F2NO5S/c1-7(11(17)18)15-10(16)9-4-2-8(3-5-9)6-21(19,20)12(13)14/h2-5,7,12H,6H2,1H3,(H,15,16)(H,17,18)/t7-/m1/s1. The lowest BCUT2D eigenvalue weighted by Crippen LogP contribution is -2.38. The highest BCUT2D eigenvalue weighted by molar-refractivity contribution is 7.90. The molecule has 21 heavy (non-hydrogen) atoms. The molecule has 2 N–H and O–H groups in total. The molecular formula is C12H13F2NO5S. The Morgan fingerprint density at radius 2 is 1.76 bits per heavy atom. The molecule has 0 bridgehead atoms. The number of halogens is 2. The SMILES string of the molecule is C[C@@H](NC(=O)c1ccc(CS(=O)(=O)C(F)F)cc1)C(=O)O. The molecule has 0 aromatic heterocycles. The Morgan fingerprint density at radius 1 is 1.24 bits per heavy atom. The van der Waals surface area contributed by atoms with E-state index in [0.717, 1.165) is 0 Å². The zero-order valence-corrected chi connectivity index (χ0v) is 11.7. The van der Waals surface area contributed by atoms with Crippen LogP contribution in [0.25, 0.3) is 0 Å². The summed E-state index contributed by atoms with van der Waals surface area (Å²) in [6.45, 7) is 1.28. The summed E-state index contributed by atoms with van der Waals surface area (Å²) >= 11 is 0. The lowest BCUT2D eigenvalue weighted by molar-refractivity contribution is -0.138.